The minimum atomic E-state index is 0.184. The van der Waals surface area contributed by atoms with Crippen molar-refractivity contribution in [2.45, 2.75) is 33.6 Å². The fourth-order valence-electron chi connectivity index (χ4n) is 1.74. The van der Waals surface area contributed by atoms with Gasteiger partial charge in [0.2, 0.25) is 0 Å². The SMILES string of the molecule is CC(=O)Cc1ccc(-c2ccc(Cl)cc2)cc1.CCC. The molecular weight excluding hydrogens is 268 g/mol. The van der Waals surface area contributed by atoms with Crippen molar-refractivity contribution < 1.29 is 4.79 Å². The normalized spacial score (nSPS) is 9.60. The van der Waals surface area contributed by atoms with Crippen molar-refractivity contribution in [1.82, 2.24) is 0 Å². The van der Waals surface area contributed by atoms with E-state index in [0.29, 0.717) is 6.42 Å². The Morgan fingerprint density at radius 1 is 0.900 bits per heavy atom. The summed E-state index contributed by atoms with van der Waals surface area (Å²) >= 11 is 5.84. The van der Waals surface area contributed by atoms with E-state index in [1.54, 1.807) is 6.92 Å². The van der Waals surface area contributed by atoms with Crippen molar-refractivity contribution >= 4 is 17.4 Å². The third-order valence-electron chi connectivity index (χ3n) is 2.58. The lowest BCUT2D eigenvalue weighted by atomic mass is 10.0. The van der Waals surface area contributed by atoms with Crippen LogP contribution in [0.4, 0.5) is 0 Å². The van der Waals surface area contributed by atoms with Gasteiger partial charge in [0.25, 0.3) is 0 Å². The van der Waals surface area contributed by atoms with Gasteiger partial charge in [-0.15, -0.1) is 0 Å². The Labute approximate surface area is 126 Å². The molecule has 0 saturated carbocycles. The van der Waals surface area contributed by atoms with Gasteiger partial charge in [0, 0.05) is 11.4 Å². The summed E-state index contributed by atoms with van der Waals surface area (Å²) in [5.41, 5.74) is 3.31. The van der Waals surface area contributed by atoms with Crippen LogP contribution in [0.5, 0.6) is 0 Å². The van der Waals surface area contributed by atoms with Crippen molar-refractivity contribution in [3.8, 4) is 11.1 Å². The maximum absolute atomic E-state index is 11.0. The van der Waals surface area contributed by atoms with Gasteiger partial charge in [-0.2, -0.15) is 0 Å². The molecule has 0 aliphatic rings. The van der Waals surface area contributed by atoms with Crippen LogP contribution in [-0.2, 0) is 11.2 Å². The largest absolute Gasteiger partial charge is 0.300 e. The summed E-state index contributed by atoms with van der Waals surface area (Å²) < 4.78 is 0. The second kappa shape index (κ2) is 8.55. The summed E-state index contributed by atoms with van der Waals surface area (Å²) in [4.78, 5) is 11.0. The Balaban J connectivity index is 0.000000612. The van der Waals surface area contributed by atoms with Crippen LogP contribution < -0.4 is 0 Å². The second-order valence-electron chi connectivity index (χ2n) is 4.79. The summed E-state index contributed by atoms with van der Waals surface area (Å²) in [5.74, 6) is 0.184. The smallest absolute Gasteiger partial charge is 0.134 e. The molecule has 0 aliphatic carbocycles. The molecule has 0 fully saturated rings. The van der Waals surface area contributed by atoms with Gasteiger partial charge in [-0.05, 0) is 35.7 Å². The van der Waals surface area contributed by atoms with Gasteiger partial charge in [-0.3, -0.25) is 4.79 Å². The van der Waals surface area contributed by atoms with Crippen molar-refractivity contribution in [2.24, 2.45) is 0 Å². The topological polar surface area (TPSA) is 17.1 Å². The monoisotopic (exact) mass is 288 g/mol. The second-order valence-corrected chi connectivity index (χ2v) is 5.23. The lowest BCUT2D eigenvalue weighted by molar-refractivity contribution is -0.116. The van der Waals surface area contributed by atoms with Crippen molar-refractivity contribution in [3.05, 3.63) is 59.1 Å². The molecule has 20 heavy (non-hydrogen) atoms. The van der Waals surface area contributed by atoms with Gasteiger partial charge in [0.05, 0.1) is 0 Å². The molecule has 0 aromatic heterocycles. The minimum Gasteiger partial charge on any atom is -0.300 e. The number of carbonyl (C=O) groups excluding carboxylic acids is 1. The van der Waals surface area contributed by atoms with E-state index in [1.807, 2.05) is 48.5 Å². The Morgan fingerprint density at radius 3 is 1.70 bits per heavy atom. The van der Waals surface area contributed by atoms with E-state index in [4.69, 9.17) is 11.6 Å². The van der Waals surface area contributed by atoms with Crippen LogP contribution in [0.1, 0.15) is 32.8 Å². The van der Waals surface area contributed by atoms with Crippen LogP contribution in [0.15, 0.2) is 48.5 Å². The molecule has 0 heterocycles. The lowest BCUT2D eigenvalue weighted by Gasteiger charge is -2.03. The van der Waals surface area contributed by atoms with Crippen molar-refractivity contribution in [1.29, 1.82) is 0 Å². The van der Waals surface area contributed by atoms with Crippen LogP contribution in [0.25, 0.3) is 11.1 Å². The maximum atomic E-state index is 11.0. The standard InChI is InChI=1S/C15H13ClO.C3H8/c1-11(17)10-12-2-4-13(5-3-12)14-6-8-15(16)9-7-14;1-3-2/h2-9H,10H2,1H3;3H2,1-2H3. The fraction of sp³-hybridized carbons (Fsp3) is 0.278. The summed E-state index contributed by atoms with van der Waals surface area (Å²) in [6.45, 7) is 5.85. The third kappa shape index (κ3) is 5.58. The highest BCUT2D eigenvalue weighted by atomic mass is 35.5. The number of carbonyl (C=O) groups is 1. The Morgan fingerprint density at radius 2 is 1.30 bits per heavy atom. The Kier molecular flexibility index (Phi) is 7.03. The zero-order valence-corrected chi connectivity index (χ0v) is 13.1. The van der Waals surface area contributed by atoms with Crippen LogP contribution in [0, 0.1) is 0 Å². The van der Waals surface area contributed by atoms with E-state index in [2.05, 4.69) is 13.8 Å². The molecule has 0 spiro atoms. The number of Topliss-reactive ketones (excluding diaryl/α,β-unsaturated/α-hetero) is 1. The Hall–Kier alpha value is -1.60. The predicted octanol–water partition coefficient (Wildman–Crippen LogP) is 5.55. The molecule has 2 heteroatoms. The molecule has 2 aromatic carbocycles. The van der Waals surface area contributed by atoms with Gasteiger partial charge >= 0.3 is 0 Å². The first kappa shape index (κ1) is 16.5. The molecule has 2 aromatic rings. The first-order chi connectivity index (χ1) is 9.56. The molecule has 0 radical (unpaired) electrons. The van der Waals surface area contributed by atoms with E-state index >= 15 is 0 Å². The molecule has 0 bridgehead atoms. The van der Waals surface area contributed by atoms with Crippen molar-refractivity contribution in [2.75, 3.05) is 0 Å². The lowest BCUT2D eigenvalue weighted by Crippen LogP contribution is -1.95. The first-order valence-electron chi connectivity index (χ1n) is 6.91. The predicted molar refractivity (Wildman–Crippen MR) is 87.2 cm³/mol. The van der Waals surface area contributed by atoms with Crippen LogP contribution in [0.2, 0.25) is 5.02 Å². The van der Waals surface area contributed by atoms with Gasteiger partial charge in [-0.1, -0.05) is 68.3 Å². The van der Waals surface area contributed by atoms with E-state index in [-0.39, 0.29) is 5.78 Å². The first-order valence-corrected chi connectivity index (χ1v) is 7.29. The number of rotatable bonds is 3. The molecule has 0 unspecified atom stereocenters. The number of ketones is 1. The van der Waals surface area contributed by atoms with Crippen molar-refractivity contribution in [3.63, 3.8) is 0 Å². The fourth-order valence-corrected chi connectivity index (χ4v) is 1.87. The van der Waals surface area contributed by atoms with Crippen LogP contribution in [-0.4, -0.2) is 5.78 Å². The van der Waals surface area contributed by atoms with Crippen LogP contribution in [0.3, 0.4) is 0 Å². The van der Waals surface area contributed by atoms with E-state index in [0.717, 1.165) is 21.7 Å². The number of benzene rings is 2. The average molecular weight is 289 g/mol. The van der Waals surface area contributed by atoms with Crippen LogP contribution >= 0.6 is 11.6 Å². The third-order valence-corrected chi connectivity index (χ3v) is 2.84. The van der Waals surface area contributed by atoms with Gasteiger partial charge < -0.3 is 0 Å². The van der Waals surface area contributed by atoms with E-state index in [9.17, 15) is 4.79 Å². The summed E-state index contributed by atoms with van der Waals surface area (Å²) in [7, 11) is 0. The summed E-state index contributed by atoms with van der Waals surface area (Å²) in [5, 5.41) is 0.738. The minimum absolute atomic E-state index is 0.184. The molecule has 106 valence electrons. The van der Waals surface area contributed by atoms with E-state index < -0.39 is 0 Å². The Bertz CT molecular complexity index is 526. The van der Waals surface area contributed by atoms with Gasteiger partial charge in [-0.25, -0.2) is 0 Å². The average Bonchev–Trinajstić information content (AvgIpc) is 2.41. The number of hydrogen-bond donors (Lipinski definition) is 0. The highest BCUT2D eigenvalue weighted by molar-refractivity contribution is 6.30. The van der Waals surface area contributed by atoms with Gasteiger partial charge in [0.1, 0.15) is 5.78 Å². The molecule has 0 amide bonds. The quantitative estimate of drug-likeness (QED) is 0.723. The molecule has 0 N–H and O–H groups in total. The molecular formula is C18H21ClO. The highest BCUT2D eigenvalue weighted by Crippen LogP contribution is 2.21. The highest BCUT2D eigenvalue weighted by Gasteiger charge is 2.00. The zero-order valence-electron chi connectivity index (χ0n) is 12.3. The van der Waals surface area contributed by atoms with E-state index in [1.165, 1.54) is 6.42 Å². The molecule has 0 saturated heterocycles. The molecule has 1 nitrogen and oxygen atoms in total. The van der Waals surface area contributed by atoms with Gasteiger partial charge in [0.15, 0.2) is 0 Å². The summed E-state index contributed by atoms with van der Waals surface area (Å²) in [6.07, 6.45) is 1.75. The molecule has 0 aliphatic heterocycles. The zero-order chi connectivity index (χ0) is 15.0. The number of halogens is 1. The number of hydrogen-bond acceptors (Lipinski definition) is 1. The summed E-state index contributed by atoms with van der Waals surface area (Å²) in [6, 6.07) is 15.8. The molecule has 2 rings (SSSR count). The molecule has 0 atom stereocenters. The maximum Gasteiger partial charge on any atom is 0.134 e.